The van der Waals surface area contributed by atoms with Crippen molar-refractivity contribution in [3.05, 3.63) is 145 Å². The highest BCUT2D eigenvalue weighted by atomic mass is 16.3. The molecule has 0 atom stereocenters. The summed E-state index contributed by atoms with van der Waals surface area (Å²) >= 11 is 0. The monoisotopic (exact) mass is 490 g/mol. The molecular formula is C35H26N2O. The van der Waals surface area contributed by atoms with Crippen LogP contribution in [0.3, 0.4) is 0 Å². The van der Waals surface area contributed by atoms with Gasteiger partial charge in [0.25, 0.3) is 0 Å². The normalized spacial score (nSPS) is 12.2. The van der Waals surface area contributed by atoms with Gasteiger partial charge in [-0.3, -0.25) is 0 Å². The predicted molar refractivity (Wildman–Crippen MR) is 158 cm³/mol. The van der Waals surface area contributed by atoms with E-state index in [4.69, 9.17) is 4.42 Å². The minimum Gasteiger partial charge on any atom is -0.459 e. The molecule has 38 heavy (non-hydrogen) atoms. The van der Waals surface area contributed by atoms with Gasteiger partial charge in [-0.25, -0.2) is 0 Å². The first-order chi connectivity index (χ1) is 18.8. The Kier molecular flexibility index (Phi) is 5.52. The van der Waals surface area contributed by atoms with Crippen LogP contribution < -0.4 is 10.2 Å². The maximum Gasteiger partial charge on any atom is 0.135 e. The highest BCUT2D eigenvalue weighted by Gasteiger charge is 2.18. The van der Waals surface area contributed by atoms with Crippen LogP contribution in [0, 0.1) is 0 Å². The second-order valence-corrected chi connectivity index (χ2v) is 9.49. The van der Waals surface area contributed by atoms with Crippen LogP contribution in [0.25, 0.3) is 39.3 Å². The molecule has 1 N–H and O–H groups in total. The molecule has 5 aromatic carbocycles. The van der Waals surface area contributed by atoms with Crippen LogP contribution in [0.1, 0.15) is 11.3 Å². The van der Waals surface area contributed by atoms with Crippen LogP contribution in [-0.4, -0.2) is 0 Å². The van der Waals surface area contributed by atoms with E-state index < -0.39 is 0 Å². The molecule has 1 aliphatic rings. The number of hydrogen-bond donors (Lipinski definition) is 1. The van der Waals surface area contributed by atoms with Crippen LogP contribution >= 0.6 is 0 Å². The Bertz CT molecular complexity index is 1650. The van der Waals surface area contributed by atoms with Crippen LogP contribution in [-0.2, 0) is 6.54 Å². The van der Waals surface area contributed by atoms with E-state index >= 15 is 0 Å². The lowest BCUT2D eigenvalue weighted by molar-refractivity contribution is 0.532. The zero-order valence-electron chi connectivity index (χ0n) is 20.8. The van der Waals surface area contributed by atoms with E-state index in [2.05, 4.69) is 144 Å². The zero-order valence-corrected chi connectivity index (χ0v) is 20.8. The largest absolute Gasteiger partial charge is 0.459 e. The molecule has 1 aromatic heterocycles. The van der Waals surface area contributed by atoms with Gasteiger partial charge in [-0.05, 0) is 77.0 Å². The van der Waals surface area contributed by atoms with Crippen molar-refractivity contribution in [2.45, 2.75) is 6.54 Å². The van der Waals surface area contributed by atoms with Crippen LogP contribution in [0.5, 0.6) is 0 Å². The smallest absolute Gasteiger partial charge is 0.135 e. The fraction of sp³-hybridized carbons (Fsp3) is 0.0286. The standard InChI is InChI=1S/C35H26N2O/c1-3-7-25(8-4-1)27-11-15-29(16-12-27)37(30-17-13-28(14-18-30)26-9-5-2-6-10-26)31-19-20-34-33(23-31)32-21-22-36-24-35(32)38-34/h1-23,36H,24H2. The van der Waals surface area contributed by atoms with Crippen molar-refractivity contribution in [3.63, 3.8) is 0 Å². The lowest BCUT2D eigenvalue weighted by atomic mass is 10.0. The fourth-order valence-electron chi connectivity index (χ4n) is 5.22. The fourth-order valence-corrected chi connectivity index (χ4v) is 5.22. The molecule has 0 unspecified atom stereocenters. The molecule has 6 aromatic rings. The Balaban J connectivity index is 1.34. The van der Waals surface area contributed by atoms with Gasteiger partial charge in [0.15, 0.2) is 0 Å². The maximum absolute atomic E-state index is 6.13. The van der Waals surface area contributed by atoms with Gasteiger partial charge >= 0.3 is 0 Å². The summed E-state index contributed by atoms with van der Waals surface area (Å²) in [6.07, 6.45) is 4.09. The molecule has 0 amide bonds. The Morgan fingerprint density at radius 2 is 1.08 bits per heavy atom. The van der Waals surface area contributed by atoms with E-state index in [1.807, 2.05) is 6.20 Å². The Morgan fingerprint density at radius 3 is 1.66 bits per heavy atom. The number of anilines is 3. The van der Waals surface area contributed by atoms with Crippen molar-refractivity contribution in [1.82, 2.24) is 5.32 Å². The zero-order chi connectivity index (χ0) is 25.3. The lowest BCUT2D eigenvalue weighted by Crippen LogP contribution is -2.10. The summed E-state index contributed by atoms with van der Waals surface area (Å²) < 4.78 is 6.13. The summed E-state index contributed by atoms with van der Waals surface area (Å²) in [6, 6.07) is 45.1. The molecule has 2 heterocycles. The van der Waals surface area contributed by atoms with E-state index in [1.165, 1.54) is 22.3 Å². The molecule has 0 bridgehead atoms. The summed E-state index contributed by atoms with van der Waals surface area (Å²) in [5.74, 6) is 0.977. The maximum atomic E-state index is 6.13. The molecule has 7 rings (SSSR count). The van der Waals surface area contributed by atoms with Gasteiger partial charge in [0.2, 0.25) is 0 Å². The average molecular weight is 491 g/mol. The molecule has 3 nitrogen and oxygen atoms in total. The number of nitrogens with one attached hydrogen (secondary N) is 1. The summed E-state index contributed by atoms with van der Waals surface area (Å²) in [4.78, 5) is 2.31. The molecule has 0 fully saturated rings. The van der Waals surface area contributed by atoms with Crippen LogP contribution in [0.4, 0.5) is 17.1 Å². The predicted octanol–water partition coefficient (Wildman–Crippen LogP) is 9.31. The SMILES string of the molecule is C1=Cc2c(oc3ccc(N(c4ccc(-c5ccccc5)cc4)c4ccc(-c5ccccc5)cc4)cc23)CN1. The van der Waals surface area contributed by atoms with E-state index in [0.717, 1.165) is 39.4 Å². The average Bonchev–Trinajstić information content (AvgIpc) is 3.37. The summed E-state index contributed by atoms with van der Waals surface area (Å²) in [6.45, 7) is 0.710. The van der Waals surface area contributed by atoms with Gasteiger partial charge in [-0.2, -0.15) is 0 Å². The Hall–Kier alpha value is -5.02. The second-order valence-electron chi connectivity index (χ2n) is 9.49. The van der Waals surface area contributed by atoms with Crippen molar-refractivity contribution in [3.8, 4) is 22.3 Å². The first kappa shape index (κ1) is 22.2. The van der Waals surface area contributed by atoms with Crippen LogP contribution in [0.2, 0.25) is 0 Å². The molecular weight excluding hydrogens is 464 g/mol. The van der Waals surface area contributed by atoms with Crippen molar-refractivity contribution in [1.29, 1.82) is 0 Å². The molecule has 0 radical (unpaired) electrons. The number of fused-ring (bicyclic) bond motifs is 3. The third-order valence-corrected chi connectivity index (χ3v) is 7.14. The molecule has 0 saturated carbocycles. The number of rotatable bonds is 5. The first-order valence-electron chi connectivity index (χ1n) is 12.9. The third kappa shape index (κ3) is 4.04. The van der Waals surface area contributed by atoms with Crippen molar-refractivity contribution >= 4 is 34.1 Å². The second kappa shape index (κ2) is 9.45. The Morgan fingerprint density at radius 1 is 0.553 bits per heavy atom. The summed E-state index contributed by atoms with van der Waals surface area (Å²) in [5.41, 5.74) is 10.2. The molecule has 182 valence electrons. The molecule has 1 aliphatic heterocycles. The first-order valence-corrected chi connectivity index (χ1v) is 12.9. The number of hydrogen-bond acceptors (Lipinski definition) is 3. The number of nitrogens with zero attached hydrogens (tertiary/aromatic N) is 1. The van der Waals surface area contributed by atoms with Gasteiger partial charge < -0.3 is 14.6 Å². The van der Waals surface area contributed by atoms with Crippen molar-refractivity contribution in [2.24, 2.45) is 0 Å². The Labute approximate surface area is 222 Å². The summed E-state index contributed by atoms with van der Waals surface area (Å²) in [7, 11) is 0. The molecule has 0 spiro atoms. The van der Waals surface area contributed by atoms with E-state index in [-0.39, 0.29) is 0 Å². The lowest BCUT2D eigenvalue weighted by Gasteiger charge is -2.26. The molecule has 0 saturated heterocycles. The van der Waals surface area contributed by atoms with Crippen molar-refractivity contribution in [2.75, 3.05) is 4.90 Å². The quantitative estimate of drug-likeness (QED) is 0.261. The van der Waals surface area contributed by atoms with E-state index in [9.17, 15) is 0 Å². The topological polar surface area (TPSA) is 28.4 Å². The van der Waals surface area contributed by atoms with Gasteiger partial charge in [-0.15, -0.1) is 0 Å². The van der Waals surface area contributed by atoms with Gasteiger partial charge in [-0.1, -0.05) is 84.9 Å². The minimum atomic E-state index is 0.710. The van der Waals surface area contributed by atoms with E-state index in [1.54, 1.807) is 0 Å². The molecule has 0 aliphatic carbocycles. The van der Waals surface area contributed by atoms with E-state index in [0.29, 0.717) is 6.54 Å². The van der Waals surface area contributed by atoms with Gasteiger partial charge in [0.05, 0.1) is 6.54 Å². The number of benzene rings is 5. The highest BCUT2D eigenvalue weighted by molar-refractivity contribution is 5.93. The van der Waals surface area contributed by atoms with Gasteiger partial charge in [0, 0.05) is 28.0 Å². The number of furan rings is 1. The van der Waals surface area contributed by atoms with Crippen molar-refractivity contribution < 1.29 is 4.42 Å². The highest BCUT2D eigenvalue weighted by Crippen LogP contribution is 2.39. The third-order valence-electron chi connectivity index (χ3n) is 7.14. The minimum absolute atomic E-state index is 0.710. The summed E-state index contributed by atoms with van der Waals surface area (Å²) in [5, 5.41) is 4.37. The molecule has 3 heteroatoms. The van der Waals surface area contributed by atoms with Crippen LogP contribution in [0.15, 0.2) is 138 Å². The van der Waals surface area contributed by atoms with Gasteiger partial charge in [0.1, 0.15) is 11.3 Å².